The summed E-state index contributed by atoms with van der Waals surface area (Å²) in [7, 11) is 2.11. The molecule has 0 aromatic heterocycles. The van der Waals surface area contributed by atoms with Crippen molar-refractivity contribution in [3.05, 3.63) is 0 Å². The van der Waals surface area contributed by atoms with Crippen molar-refractivity contribution in [2.45, 2.75) is 13.0 Å². The second kappa shape index (κ2) is 3.32. The Balaban J connectivity index is 2.35. The lowest BCUT2D eigenvalue weighted by molar-refractivity contribution is 0.0982. The Hall–Kier alpha value is -0.120. The molecule has 0 radical (unpaired) electrons. The Morgan fingerprint density at radius 1 is 1.50 bits per heavy atom. The van der Waals surface area contributed by atoms with Crippen molar-refractivity contribution in [1.82, 2.24) is 9.80 Å². The van der Waals surface area contributed by atoms with E-state index in [0.29, 0.717) is 6.04 Å². The van der Waals surface area contributed by atoms with Crippen LogP contribution in [0.2, 0.25) is 0 Å². The zero-order valence-corrected chi connectivity index (χ0v) is 6.88. The normalized spacial score (nSPS) is 30.9. The standard InChI is InChI=1S/C7H17N3/c1-3-10-5-7(8)4-9(2)6-10/h7H,3-6,8H2,1-2H3/t7-/m1/s1. The molecule has 1 heterocycles. The molecule has 0 saturated carbocycles. The fraction of sp³-hybridized carbons (Fsp3) is 1.00. The lowest BCUT2D eigenvalue weighted by Crippen LogP contribution is -2.53. The van der Waals surface area contributed by atoms with Gasteiger partial charge in [-0.05, 0) is 13.6 Å². The molecule has 1 aliphatic rings. The molecule has 0 bridgehead atoms. The molecule has 0 amide bonds. The van der Waals surface area contributed by atoms with Crippen LogP contribution in [0.3, 0.4) is 0 Å². The Labute approximate surface area is 62.8 Å². The summed E-state index contributed by atoms with van der Waals surface area (Å²) in [4.78, 5) is 4.62. The summed E-state index contributed by atoms with van der Waals surface area (Å²) in [6.07, 6.45) is 0. The molecule has 1 rings (SSSR count). The number of rotatable bonds is 1. The average Bonchev–Trinajstić information content (AvgIpc) is 1.85. The van der Waals surface area contributed by atoms with Crippen molar-refractivity contribution < 1.29 is 0 Å². The zero-order valence-electron chi connectivity index (χ0n) is 6.88. The minimum absolute atomic E-state index is 0.346. The Bertz CT molecular complexity index is 95.0. The van der Waals surface area contributed by atoms with Crippen LogP contribution in [0.4, 0.5) is 0 Å². The zero-order chi connectivity index (χ0) is 7.56. The molecule has 2 N–H and O–H groups in total. The number of hydrogen-bond donors (Lipinski definition) is 1. The highest BCUT2D eigenvalue weighted by atomic mass is 15.3. The van der Waals surface area contributed by atoms with E-state index >= 15 is 0 Å². The third-order valence-corrected chi connectivity index (χ3v) is 1.93. The van der Waals surface area contributed by atoms with Gasteiger partial charge in [0.25, 0.3) is 0 Å². The number of nitrogens with zero attached hydrogens (tertiary/aromatic N) is 2. The minimum atomic E-state index is 0.346. The van der Waals surface area contributed by atoms with E-state index in [0.717, 1.165) is 26.3 Å². The molecule has 1 atom stereocenters. The molecular formula is C7H17N3. The molecule has 0 aliphatic carbocycles. The summed E-state index contributed by atoms with van der Waals surface area (Å²) in [5, 5.41) is 0. The van der Waals surface area contributed by atoms with Gasteiger partial charge in [0.05, 0.1) is 6.67 Å². The second-order valence-corrected chi connectivity index (χ2v) is 3.11. The maximum absolute atomic E-state index is 5.81. The van der Waals surface area contributed by atoms with Crippen LogP contribution < -0.4 is 5.73 Å². The maximum atomic E-state index is 5.81. The number of hydrogen-bond acceptors (Lipinski definition) is 3. The molecule has 0 aromatic rings. The summed E-state index contributed by atoms with van der Waals surface area (Å²) < 4.78 is 0. The summed E-state index contributed by atoms with van der Waals surface area (Å²) in [6.45, 7) is 6.45. The van der Waals surface area contributed by atoms with Crippen molar-refractivity contribution in [3.8, 4) is 0 Å². The van der Waals surface area contributed by atoms with Crippen LogP contribution in [0.5, 0.6) is 0 Å². The first kappa shape index (κ1) is 7.98. The van der Waals surface area contributed by atoms with Crippen LogP contribution >= 0.6 is 0 Å². The van der Waals surface area contributed by atoms with Crippen molar-refractivity contribution in [2.75, 3.05) is 33.4 Å². The van der Waals surface area contributed by atoms with E-state index in [4.69, 9.17) is 5.73 Å². The highest BCUT2D eigenvalue weighted by Crippen LogP contribution is 2.01. The van der Waals surface area contributed by atoms with Gasteiger partial charge in [-0.1, -0.05) is 6.92 Å². The average molecular weight is 143 g/mol. The van der Waals surface area contributed by atoms with Gasteiger partial charge in [-0.2, -0.15) is 0 Å². The quantitative estimate of drug-likeness (QED) is 0.539. The van der Waals surface area contributed by atoms with Crippen LogP contribution in [-0.4, -0.2) is 49.2 Å². The van der Waals surface area contributed by atoms with Crippen molar-refractivity contribution in [2.24, 2.45) is 5.73 Å². The predicted molar refractivity (Wildman–Crippen MR) is 42.7 cm³/mol. The highest BCUT2D eigenvalue weighted by molar-refractivity contribution is 4.75. The smallest absolute Gasteiger partial charge is 0.0504 e. The molecule has 0 unspecified atom stereocenters. The fourth-order valence-corrected chi connectivity index (χ4v) is 1.48. The van der Waals surface area contributed by atoms with Gasteiger partial charge in [0, 0.05) is 19.1 Å². The second-order valence-electron chi connectivity index (χ2n) is 3.11. The molecule has 0 spiro atoms. The summed E-state index contributed by atoms with van der Waals surface area (Å²) in [6, 6.07) is 0.346. The first-order chi connectivity index (χ1) is 4.72. The minimum Gasteiger partial charge on any atom is -0.325 e. The Morgan fingerprint density at radius 2 is 2.20 bits per heavy atom. The van der Waals surface area contributed by atoms with Gasteiger partial charge in [0.2, 0.25) is 0 Å². The molecule has 10 heavy (non-hydrogen) atoms. The molecule has 1 saturated heterocycles. The molecular weight excluding hydrogens is 126 g/mol. The largest absolute Gasteiger partial charge is 0.325 e. The van der Waals surface area contributed by atoms with Gasteiger partial charge in [-0.15, -0.1) is 0 Å². The lowest BCUT2D eigenvalue weighted by Gasteiger charge is -2.36. The van der Waals surface area contributed by atoms with E-state index in [9.17, 15) is 0 Å². The Kier molecular flexibility index (Phi) is 2.65. The maximum Gasteiger partial charge on any atom is 0.0504 e. The van der Waals surface area contributed by atoms with Crippen molar-refractivity contribution in [3.63, 3.8) is 0 Å². The molecule has 3 heteroatoms. The first-order valence-corrected chi connectivity index (χ1v) is 3.89. The van der Waals surface area contributed by atoms with Crippen molar-refractivity contribution in [1.29, 1.82) is 0 Å². The molecule has 3 nitrogen and oxygen atoms in total. The van der Waals surface area contributed by atoms with E-state index in [1.165, 1.54) is 0 Å². The van der Waals surface area contributed by atoms with Crippen molar-refractivity contribution >= 4 is 0 Å². The first-order valence-electron chi connectivity index (χ1n) is 3.89. The summed E-state index contributed by atoms with van der Waals surface area (Å²) in [5.74, 6) is 0. The molecule has 0 aromatic carbocycles. The van der Waals surface area contributed by atoms with E-state index in [2.05, 4.69) is 23.8 Å². The van der Waals surface area contributed by atoms with Crippen LogP contribution in [0.1, 0.15) is 6.92 Å². The third-order valence-electron chi connectivity index (χ3n) is 1.93. The van der Waals surface area contributed by atoms with Gasteiger partial charge in [-0.25, -0.2) is 0 Å². The SMILES string of the molecule is CCN1C[C@H](N)CN(C)C1. The fourth-order valence-electron chi connectivity index (χ4n) is 1.48. The van der Waals surface area contributed by atoms with Gasteiger partial charge in [-0.3, -0.25) is 9.80 Å². The predicted octanol–water partition coefficient (Wildman–Crippen LogP) is -0.461. The van der Waals surface area contributed by atoms with Crippen LogP contribution in [0, 0.1) is 0 Å². The lowest BCUT2D eigenvalue weighted by atomic mass is 10.2. The summed E-state index contributed by atoms with van der Waals surface area (Å²) >= 11 is 0. The Morgan fingerprint density at radius 3 is 2.70 bits per heavy atom. The van der Waals surface area contributed by atoms with E-state index in [1.807, 2.05) is 0 Å². The molecule has 1 aliphatic heterocycles. The van der Waals surface area contributed by atoms with E-state index < -0.39 is 0 Å². The van der Waals surface area contributed by atoms with Crippen LogP contribution in [0.15, 0.2) is 0 Å². The third kappa shape index (κ3) is 1.94. The number of nitrogens with two attached hydrogens (primary N) is 1. The van der Waals surface area contributed by atoms with Gasteiger partial charge >= 0.3 is 0 Å². The summed E-state index contributed by atoms with van der Waals surface area (Å²) in [5.41, 5.74) is 5.81. The van der Waals surface area contributed by atoms with Crippen LogP contribution in [0.25, 0.3) is 0 Å². The topological polar surface area (TPSA) is 32.5 Å². The molecule has 1 fully saturated rings. The van der Waals surface area contributed by atoms with Gasteiger partial charge < -0.3 is 5.73 Å². The van der Waals surface area contributed by atoms with Crippen LogP contribution in [-0.2, 0) is 0 Å². The van der Waals surface area contributed by atoms with Gasteiger partial charge in [0.1, 0.15) is 0 Å². The number of likely N-dealkylation sites (N-methyl/N-ethyl adjacent to an activating group) is 2. The monoisotopic (exact) mass is 143 g/mol. The highest BCUT2D eigenvalue weighted by Gasteiger charge is 2.18. The molecule has 60 valence electrons. The van der Waals surface area contributed by atoms with E-state index in [-0.39, 0.29) is 0 Å². The van der Waals surface area contributed by atoms with Gasteiger partial charge in [0.15, 0.2) is 0 Å². The van der Waals surface area contributed by atoms with E-state index in [1.54, 1.807) is 0 Å².